The predicted octanol–water partition coefficient (Wildman–Crippen LogP) is 1.93. The van der Waals surface area contributed by atoms with Crippen LogP contribution in [0, 0.1) is 6.92 Å². The van der Waals surface area contributed by atoms with Gasteiger partial charge in [-0.05, 0) is 43.9 Å². The molecule has 1 N–H and O–H groups in total. The van der Waals surface area contributed by atoms with Crippen molar-refractivity contribution in [3.05, 3.63) is 29.3 Å². The largest absolute Gasteiger partial charge is 0.508 e. The molecule has 1 atom stereocenters. The van der Waals surface area contributed by atoms with Crippen molar-refractivity contribution < 1.29 is 14.7 Å². The van der Waals surface area contributed by atoms with Crippen LogP contribution < -0.4 is 0 Å². The highest BCUT2D eigenvalue weighted by atomic mass is 16.3. The Morgan fingerprint density at radius 3 is 2.77 bits per heavy atom. The van der Waals surface area contributed by atoms with Crippen molar-refractivity contribution >= 4 is 11.8 Å². The Morgan fingerprint density at radius 2 is 2.09 bits per heavy atom. The van der Waals surface area contributed by atoms with E-state index in [1.165, 1.54) is 6.07 Å². The predicted molar refractivity (Wildman–Crippen MR) is 82.7 cm³/mol. The fourth-order valence-corrected chi connectivity index (χ4v) is 3.37. The van der Waals surface area contributed by atoms with Crippen molar-refractivity contribution in [1.29, 1.82) is 0 Å². The van der Waals surface area contributed by atoms with Crippen molar-refractivity contribution in [3.8, 4) is 5.75 Å². The normalized spacial score (nSPS) is 22.2. The number of aromatic hydroxyl groups is 1. The number of hydrogen-bond donors (Lipinski definition) is 1. The Morgan fingerprint density at radius 1 is 1.27 bits per heavy atom. The fourth-order valence-electron chi connectivity index (χ4n) is 3.37. The van der Waals surface area contributed by atoms with E-state index in [2.05, 4.69) is 0 Å². The van der Waals surface area contributed by atoms with E-state index in [9.17, 15) is 14.7 Å². The molecule has 0 aliphatic carbocycles. The number of likely N-dealkylation sites (tertiary alicyclic amines) is 2. The van der Waals surface area contributed by atoms with Crippen LogP contribution in [0.15, 0.2) is 18.2 Å². The summed E-state index contributed by atoms with van der Waals surface area (Å²) in [6.45, 7) is 3.93. The molecule has 2 aliphatic rings. The summed E-state index contributed by atoms with van der Waals surface area (Å²) in [5, 5.41) is 9.78. The summed E-state index contributed by atoms with van der Waals surface area (Å²) in [6, 6.07) is 5.19. The van der Waals surface area contributed by atoms with Gasteiger partial charge < -0.3 is 14.9 Å². The highest BCUT2D eigenvalue weighted by Gasteiger charge is 2.33. The van der Waals surface area contributed by atoms with E-state index >= 15 is 0 Å². The maximum Gasteiger partial charge on any atom is 0.254 e. The Bertz CT molecular complexity index is 600. The molecule has 2 amide bonds. The average Bonchev–Trinajstić information content (AvgIpc) is 2.95. The van der Waals surface area contributed by atoms with Crippen molar-refractivity contribution in [1.82, 2.24) is 9.80 Å². The lowest BCUT2D eigenvalue weighted by atomic mass is 10.0. The quantitative estimate of drug-likeness (QED) is 0.908. The number of piperidine rings is 1. The monoisotopic (exact) mass is 302 g/mol. The first-order valence-corrected chi connectivity index (χ1v) is 7.94. The molecule has 5 nitrogen and oxygen atoms in total. The first-order chi connectivity index (χ1) is 10.6. The molecule has 1 unspecified atom stereocenters. The second-order valence-electron chi connectivity index (χ2n) is 6.24. The van der Waals surface area contributed by atoms with E-state index in [0.717, 1.165) is 31.4 Å². The molecule has 2 saturated heterocycles. The van der Waals surface area contributed by atoms with Crippen molar-refractivity contribution in [2.75, 3.05) is 19.6 Å². The Labute approximate surface area is 130 Å². The molecule has 1 aromatic rings. The van der Waals surface area contributed by atoms with Gasteiger partial charge in [-0.15, -0.1) is 0 Å². The fraction of sp³-hybridized carbons (Fsp3) is 0.529. The Kier molecular flexibility index (Phi) is 4.05. The summed E-state index contributed by atoms with van der Waals surface area (Å²) >= 11 is 0. The van der Waals surface area contributed by atoms with Gasteiger partial charge in [-0.3, -0.25) is 9.59 Å². The zero-order valence-electron chi connectivity index (χ0n) is 12.9. The smallest absolute Gasteiger partial charge is 0.254 e. The van der Waals surface area contributed by atoms with Crippen LogP contribution in [0.3, 0.4) is 0 Å². The molecule has 1 aromatic carbocycles. The molecule has 0 spiro atoms. The molecular weight excluding hydrogens is 280 g/mol. The zero-order chi connectivity index (χ0) is 15.7. The molecule has 0 radical (unpaired) electrons. The second-order valence-corrected chi connectivity index (χ2v) is 6.24. The van der Waals surface area contributed by atoms with E-state index in [1.54, 1.807) is 19.1 Å². The van der Waals surface area contributed by atoms with Gasteiger partial charge in [-0.25, -0.2) is 0 Å². The third kappa shape index (κ3) is 2.80. The molecule has 0 bridgehead atoms. The molecule has 5 heteroatoms. The number of benzene rings is 1. The SMILES string of the molecule is Cc1ccc(C(=O)N2CCCC(N3CCCC3=O)C2)cc1O. The third-order valence-corrected chi connectivity index (χ3v) is 4.69. The van der Waals surface area contributed by atoms with E-state index in [1.807, 2.05) is 9.80 Å². The number of aryl methyl sites for hydroxylation is 1. The average molecular weight is 302 g/mol. The molecular formula is C17H22N2O3. The van der Waals surface area contributed by atoms with Gasteiger partial charge in [0.25, 0.3) is 5.91 Å². The molecule has 2 aliphatic heterocycles. The molecule has 118 valence electrons. The van der Waals surface area contributed by atoms with Crippen molar-refractivity contribution in [2.45, 2.75) is 38.6 Å². The number of rotatable bonds is 2. The van der Waals surface area contributed by atoms with Crippen LogP contribution in [0.4, 0.5) is 0 Å². The summed E-state index contributed by atoms with van der Waals surface area (Å²) in [5.41, 5.74) is 1.27. The maximum absolute atomic E-state index is 12.6. The minimum Gasteiger partial charge on any atom is -0.508 e. The maximum atomic E-state index is 12.6. The molecule has 2 fully saturated rings. The number of carbonyl (C=O) groups excluding carboxylic acids is 2. The van der Waals surface area contributed by atoms with Crippen LogP contribution >= 0.6 is 0 Å². The van der Waals surface area contributed by atoms with Gasteiger partial charge in [-0.1, -0.05) is 6.07 Å². The number of phenolic OH excluding ortho intramolecular Hbond substituents is 1. The van der Waals surface area contributed by atoms with Crippen LogP contribution in [0.2, 0.25) is 0 Å². The summed E-state index contributed by atoms with van der Waals surface area (Å²) in [5.74, 6) is 0.299. The lowest BCUT2D eigenvalue weighted by Crippen LogP contribution is -2.50. The highest BCUT2D eigenvalue weighted by Crippen LogP contribution is 2.24. The third-order valence-electron chi connectivity index (χ3n) is 4.69. The minimum absolute atomic E-state index is 0.0633. The minimum atomic E-state index is -0.0633. The van der Waals surface area contributed by atoms with Gasteiger partial charge in [0, 0.05) is 37.7 Å². The van der Waals surface area contributed by atoms with E-state index in [0.29, 0.717) is 25.1 Å². The Balaban J connectivity index is 1.72. The van der Waals surface area contributed by atoms with Gasteiger partial charge in [0.2, 0.25) is 5.91 Å². The molecule has 2 heterocycles. The van der Waals surface area contributed by atoms with E-state index in [-0.39, 0.29) is 23.6 Å². The van der Waals surface area contributed by atoms with Crippen LogP contribution in [0.25, 0.3) is 0 Å². The van der Waals surface area contributed by atoms with Gasteiger partial charge in [0.1, 0.15) is 5.75 Å². The summed E-state index contributed by atoms with van der Waals surface area (Å²) < 4.78 is 0. The van der Waals surface area contributed by atoms with E-state index in [4.69, 9.17) is 0 Å². The number of phenols is 1. The van der Waals surface area contributed by atoms with Gasteiger partial charge in [0.05, 0.1) is 0 Å². The zero-order valence-corrected chi connectivity index (χ0v) is 12.9. The molecule has 0 saturated carbocycles. The van der Waals surface area contributed by atoms with Crippen LogP contribution in [0.5, 0.6) is 5.75 Å². The summed E-state index contributed by atoms with van der Waals surface area (Å²) in [4.78, 5) is 28.3. The molecule has 0 aromatic heterocycles. The summed E-state index contributed by atoms with van der Waals surface area (Å²) in [7, 11) is 0. The van der Waals surface area contributed by atoms with Crippen molar-refractivity contribution in [3.63, 3.8) is 0 Å². The van der Waals surface area contributed by atoms with Gasteiger partial charge in [0.15, 0.2) is 0 Å². The van der Waals surface area contributed by atoms with Crippen LogP contribution in [0.1, 0.15) is 41.6 Å². The first kappa shape index (κ1) is 14.9. The summed E-state index contributed by atoms with van der Waals surface area (Å²) in [6.07, 6.45) is 3.44. The molecule has 3 rings (SSSR count). The van der Waals surface area contributed by atoms with Gasteiger partial charge >= 0.3 is 0 Å². The van der Waals surface area contributed by atoms with Crippen LogP contribution in [-0.4, -0.2) is 52.4 Å². The van der Waals surface area contributed by atoms with E-state index < -0.39 is 0 Å². The number of nitrogens with zero attached hydrogens (tertiary/aromatic N) is 2. The number of amides is 2. The lowest BCUT2D eigenvalue weighted by Gasteiger charge is -2.37. The second kappa shape index (κ2) is 5.99. The molecule has 22 heavy (non-hydrogen) atoms. The van der Waals surface area contributed by atoms with Crippen LogP contribution in [-0.2, 0) is 4.79 Å². The number of carbonyl (C=O) groups is 2. The first-order valence-electron chi connectivity index (χ1n) is 7.94. The lowest BCUT2D eigenvalue weighted by molar-refractivity contribution is -0.130. The van der Waals surface area contributed by atoms with Crippen molar-refractivity contribution in [2.24, 2.45) is 0 Å². The van der Waals surface area contributed by atoms with Gasteiger partial charge in [-0.2, -0.15) is 0 Å². The standard InChI is InChI=1S/C17H22N2O3/c1-12-6-7-13(10-15(12)20)17(22)18-8-2-4-14(11-18)19-9-3-5-16(19)21/h6-7,10,14,20H,2-5,8-9,11H2,1H3. The topological polar surface area (TPSA) is 60.9 Å². The highest BCUT2D eigenvalue weighted by molar-refractivity contribution is 5.95. The Hall–Kier alpha value is -2.04. The number of hydrogen-bond acceptors (Lipinski definition) is 3.